The van der Waals surface area contributed by atoms with E-state index in [0.29, 0.717) is 13.1 Å². The first-order valence-corrected chi connectivity index (χ1v) is 9.69. The van der Waals surface area contributed by atoms with Crippen LogP contribution in [0.15, 0.2) is 42.7 Å². The van der Waals surface area contributed by atoms with Crippen LogP contribution < -0.4 is 14.8 Å². The maximum Gasteiger partial charge on any atom is 0.318 e. The molecule has 7 nitrogen and oxygen atoms in total. The molecule has 0 unspecified atom stereocenters. The molecule has 7 heteroatoms. The van der Waals surface area contributed by atoms with Gasteiger partial charge in [-0.25, -0.2) is 4.79 Å². The number of hydrogen-bond donors (Lipinski definition) is 1. The Morgan fingerprint density at radius 3 is 2.93 bits per heavy atom. The fourth-order valence-corrected chi connectivity index (χ4v) is 3.72. The molecule has 1 N–H and O–H groups in total. The van der Waals surface area contributed by atoms with Crippen molar-refractivity contribution in [2.45, 2.75) is 32.0 Å². The molecule has 2 amide bonds. The average molecular weight is 382 g/mol. The van der Waals surface area contributed by atoms with Crippen molar-refractivity contribution >= 4 is 6.03 Å². The highest BCUT2D eigenvalue weighted by Crippen LogP contribution is 2.33. The Bertz CT molecular complexity index is 815. The third kappa shape index (κ3) is 4.54. The zero-order chi connectivity index (χ0) is 19.3. The summed E-state index contributed by atoms with van der Waals surface area (Å²) in [6.07, 6.45) is 5.66. The molecule has 28 heavy (non-hydrogen) atoms. The van der Waals surface area contributed by atoms with Gasteiger partial charge in [0.2, 0.25) is 6.79 Å². The van der Waals surface area contributed by atoms with Gasteiger partial charge in [0.25, 0.3) is 0 Å². The predicted octanol–water partition coefficient (Wildman–Crippen LogP) is 2.62. The molecule has 148 valence electrons. The molecule has 0 spiro atoms. The Labute approximate surface area is 165 Å². The molecular weight excluding hydrogens is 356 g/mol. The van der Waals surface area contributed by atoms with Crippen molar-refractivity contribution in [2.24, 2.45) is 0 Å². The first-order valence-electron chi connectivity index (χ1n) is 9.69. The summed E-state index contributed by atoms with van der Waals surface area (Å²) in [6.45, 7) is 3.20. The third-order valence-electron chi connectivity index (χ3n) is 5.15. The molecule has 0 radical (unpaired) electrons. The molecule has 1 saturated heterocycles. The summed E-state index contributed by atoms with van der Waals surface area (Å²) in [6, 6.07) is 9.82. The van der Waals surface area contributed by atoms with E-state index in [2.05, 4.69) is 22.2 Å². The first-order chi connectivity index (χ1) is 13.7. The number of likely N-dealkylation sites (N-methyl/N-ethyl adjacent to an activating group) is 1. The third-order valence-corrected chi connectivity index (χ3v) is 5.15. The number of carbonyl (C=O) groups is 1. The molecule has 1 atom stereocenters. The van der Waals surface area contributed by atoms with Gasteiger partial charge in [-0.15, -0.1) is 0 Å². The number of likely N-dealkylation sites (tertiary alicyclic amines) is 1. The molecule has 3 heterocycles. The topological polar surface area (TPSA) is 66.9 Å². The van der Waals surface area contributed by atoms with Crippen LogP contribution in [0, 0.1) is 0 Å². The maximum atomic E-state index is 13.1. The molecule has 0 aliphatic carbocycles. The van der Waals surface area contributed by atoms with Gasteiger partial charge in [-0.2, -0.15) is 0 Å². The molecule has 4 rings (SSSR count). The standard InChI is InChI=1S/C21H26N4O3/c1-24-9-3-5-18(14-24)23-21(26)25(13-17-4-2-8-22-11-17)12-16-6-7-19-20(10-16)28-15-27-19/h2,4,6-8,10-11,18H,3,5,9,12-15H2,1H3,(H,23,26)/t18-/m1/s1. The largest absolute Gasteiger partial charge is 0.454 e. The Kier molecular flexibility index (Phi) is 5.62. The minimum absolute atomic E-state index is 0.0539. The van der Waals surface area contributed by atoms with Gasteiger partial charge in [-0.3, -0.25) is 4.98 Å². The lowest BCUT2D eigenvalue weighted by Gasteiger charge is -2.32. The number of amides is 2. The van der Waals surface area contributed by atoms with Gasteiger partial charge in [0, 0.05) is 38.1 Å². The van der Waals surface area contributed by atoms with Crippen molar-refractivity contribution in [3.8, 4) is 11.5 Å². The zero-order valence-corrected chi connectivity index (χ0v) is 16.1. The molecule has 1 aromatic carbocycles. The Hall–Kier alpha value is -2.80. The van der Waals surface area contributed by atoms with E-state index in [4.69, 9.17) is 9.47 Å². The van der Waals surface area contributed by atoms with E-state index in [1.165, 1.54) is 0 Å². The summed E-state index contributed by atoms with van der Waals surface area (Å²) in [4.78, 5) is 21.3. The number of ether oxygens (including phenoxy) is 2. The van der Waals surface area contributed by atoms with Crippen LogP contribution >= 0.6 is 0 Å². The van der Waals surface area contributed by atoms with Gasteiger partial charge in [0.15, 0.2) is 11.5 Å². The minimum Gasteiger partial charge on any atom is -0.454 e. The van der Waals surface area contributed by atoms with Crippen LogP contribution in [-0.2, 0) is 13.1 Å². The number of urea groups is 1. The fraction of sp³-hybridized carbons (Fsp3) is 0.429. The first kappa shape index (κ1) is 18.6. The second-order valence-electron chi connectivity index (χ2n) is 7.46. The zero-order valence-electron chi connectivity index (χ0n) is 16.1. The lowest BCUT2D eigenvalue weighted by Crippen LogP contribution is -2.50. The summed E-state index contributed by atoms with van der Waals surface area (Å²) in [5, 5.41) is 3.21. The van der Waals surface area contributed by atoms with E-state index >= 15 is 0 Å². The van der Waals surface area contributed by atoms with Gasteiger partial charge < -0.3 is 24.6 Å². The molecule has 0 saturated carbocycles. The van der Waals surface area contributed by atoms with Crippen molar-refractivity contribution in [1.82, 2.24) is 20.1 Å². The predicted molar refractivity (Wildman–Crippen MR) is 105 cm³/mol. The molecule has 2 aliphatic rings. The van der Waals surface area contributed by atoms with Crippen molar-refractivity contribution < 1.29 is 14.3 Å². The van der Waals surface area contributed by atoms with Crippen molar-refractivity contribution in [3.05, 3.63) is 53.9 Å². The molecule has 2 aromatic rings. The van der Waals surface area contributed by atoms with Crippen LogP contribution in [0.4, 0.5) is 4.79 Å². The van der Waals surface area contributed by atoms with Crippen LogP contribution in [-0.4, -0.2) is 53.8 Å². The summed E-state index contributed by atoms with van der Waals surface area (Å²) < 4.78 is 10.9. The molecular formula is C21H26N4O3. The monoisotopic (exact) mass is 382 g/mol. The van der Waals surface area contributed by atoms with Crippen molar-refractivity contribution in [2.75, 3.05) is 26.9 Å². The van der Waals surface area contributed by atoms with Crippen LogP contribution in [0.3, 0.4) is 0 Å². The van der Waals surface area contributed by atoms with E-state index in [1.54, 1.807) is 12.4 Å². The highest BCUT2D eigenvalue weighted by Gasteiger charge is 2.23. The Balaban J connectivity index is 1.48. The average Bonchev–Trinajstić information content (AvgIpc) is 3.16. The summed E-state index contributed by atoms with van der Waals surface area (Å²) in [7, 11) is 2.10. The van der Waals surface area contributed by atoms with Gasteiger partial charge >= 0.3 is 6.03 Å². The van der Waals surface area contributed by atoms with E-state index in [-0.39, 0.29) is 18.9 Å². The SMILES string of the molecule is CN1CCC[C@@H](NC(=O)N(Cc2cccnc2)Cc2ccc3c(c2)OCO3)C1. The maximum absolute atomic E-state index is 13.1. The summed E-state index contributed by atoms with van der Waals surface area (Å²) >= 11 is 0. The van der Waals surface area contributed by atoms with E-state index in [0.717, 1.165) is 48.6 Å². The second-order valence-corrected chi connectivity index (χ2v) is 7.46. The molecule has 2 aliphatic heterocycles. The van der Waals surface area contributed by atoms with E-state index in [1.807, 2.05) is 35.2 Å². The van der Waals surface area contributed by atoms with Crippen LogP contribution in [0.5, 0.6) is 11.5 Å². The molecule has 1 aromatic heterocycles. The highest BCUT2D eigenvalue weighted by atomic mass is 16.7. The summed E-state index contributed by atoms with van der Waals surface area (Å²) in [5.74, 6) is 1.48. The fourth-order valence-electron chi connectivity index (χ4n) is 3.72. The van der Waals surface area contributed by atoms with Crippen molar-refractivity contribution in [3.63, 3.8) is 0 Å². The Morgan fingerprint density at radius 1 is 1.25 bits per heavy atom. The number of piperidine rings is 1. The van der Waals surface area contributed by atoms with Crippen LogP contribution in [0.1, 0.15) is 24.0 Å². The van der Waals surface area contributed by atoms with E-state index < -0.39 is 0 Å². The van der Waals surface area contributed by atoms with Crippen LogP contribution in [0.2, 0.25) is 0 Å². The van der Waals surface area contributed by atoms with Crippen molar-refractivity contribution in [1.29, 1.82) is 0 Å². The normalized spacial score (nSPS) is 18.7. The Morgan fingerprint density at radius 2 is 2.11 bits per heavy atom. The number of hydrogen-bond acceptors (Lipinski definition) is 5. The number of pyridine rings is 1. The number of aromatic nitrogens is 1. The number of benzene rings is 1. The minimum atomic E-state index is -0.0539. The highest BCUT2D eigenvalue weighted by molar-refractivity contribution is 5.74. The molecule has 1 fully saturated rings. The number of nitrogens with one attached hydrogen (secondary N) is 1. The van der Waals surface area contributed by atoms with Crippen LogP contribution in [0.25, 0.3) is 0 Å². The number of fused-ring (bicyclic) bond motifs is 1. The quantitative estimate of drug-likeness (QED) is 0.861. The van der Waals surface area contributed by atoms with Gasteiger partial charge in [0.05, 0.1) is 0 Å². The van der Waals surface area contributed by atoms with Gasteiger partial charge in [-0.1, -0.05) is 12.1 Å². The number of rotatable bonds is 5. The van der Waals surface area contributed by atoms with Gasteiger partial charge in [0.1, 0.15) is 0 Å². The second kappa shape index (κ2) is 8.48. The number of nitrogens with zero attached hydrogens (tertiary/aromatic N) is 3. The van der Waals surface area contributed by atoms with Gasteiger partial charge in [-0.05, 0) is 55.8 Å². The smallest absolute Gasteiger partial charge is 0.318 e. The lowest BCUT2D eigenvalue weighted by atomic mass is 10.1. The lowest BCUT2D eigenvalue weighted by molar-refractivity contribution is 0.172. The summed E-state index contributed by atoms with van der Waals surface area (Å²) in [5.41, 5.74) is 2.00. The molecule has 0 bridgehead atoms. The number of carbonyl (C=O) groups excluding carboxylic acids is 1. The van der Waals surface area contributed by atoms with E-state index in [9.17, 15) is 4.79 Å².